The van der Waals surface area contributed by atoms with Crippen molar-refractivity contribution in [3.05, 3.63) is 29.8 Å². The van der Waals surface area contributed by atoms with Gasteiger partial charge in [-0.15, -0.1) is 0 Å². The Labute approximate surface area is 157 Å². The second-order valence-electron chi connectivity index (χ2n) is 6.75. The number of ketones is 1. The number of halogens is 2. The number of oxime groups is 1. The first kappa shape index (κ1) is 19.4. The molecule has 0 spiro atoms. The first-order chi connectivity index (χ1) is 12.9. The van der Waals surface area contributed by atoms with Gasteiger partial charge in [0.2, 0.25) is 5.78 Å². The second kappa shape index (κ2) is 7.72. The Hall–Kier alpha value is -2.34. The van der Waals surface area contributed by atoms with Crippen LogP contribution in [0.2, 0.25) is 0 Å². The fourth-order valence-electron chi connectivity index (χ4n) is 3.87. The van der Waals surface area contributed by atoms with Crippen molar-refractivity contribution in [2.24, 2.45) is 22.9 Å². The minimum Gasteiger partial charge on any atom is -0.497 e. The molecule has 4 atom stereocenters. The fourth-order valence-corrected chi connectivity index (χ4v) is 4.42. The van der Waals surface area contributed by atoms with Crippen molar-refractivity contribution in [1.29, 1.82) is 5.26 Å². The predicted octanol–water partition coefficient (Wildman–Crippen LogP) is 3.20. The molecule has 0 saturated heterocycles. The Bertz CT molecular complexity index is 820. The van der Waals surface area contributed by atoms with Crippen molar-refractivity contribution in [1.82, 2.24) is 0 Å². The normalized spacial score (nSPS) is 25.7. The number of carbonyl (C=O) groups is 1. The number of benzene rings is 1. The summed E-state index contributed by atoms with van der Waals surface area (Å²) < 4.78 is 49.9. The van der Waals surface area contributed by atoms with E-state index in [-0.39, 0.29) is 17.2 Å². The molecule has 6 nitrogen and oxygen atoms in total. The molecule has 2 fully saturated rings. The molecule has 0 heterocycles. The summed E-state index contributed by atoms with van der Waals surface area (Å²) in [6.45, 7) is 0. The van der Waals surface area contributed by atoms with Gasteiger partial charge in [0.15, 0.2) is 5.71 Å². The van der Waals surface area contributed by atoms with Crippen molar-refractivity contribution in [2.75, 3.05) is 7.11 Å². The topological polar surface area (TPSA) is 88.8 Å². The molecular weight excluding hydrogens is 378 g/mol. The van der Waals surface area contributed by atoms with Gasteiger partial charge in [-0.3, -0.25) is 9.08 Å². The van der Waals surface area contributed by atoms with Gasteiger partial charge in [0.25, 0.3) is 0 Å². The van der Waals surface area contributed by atoms with Crippen LogP contribution in [-0.2, 0) is 20.2 Å². The lowest BCUT2D eigenvalue weighted by Gasteiger charge is -2.23. The second-order valence-corrected chi connectivity index (χ2v) is 7.88. The number of carbonyl (C=O) groups excluding carboxylic acids is 1. The molecule has 2 saturated carbocycles. The van der Waals surface area contributed by atoms with Gasteiger partial charge in [-0.05, 0) is 55.4 Å². The number of nitriles is 1. The van der Waals surface area contributed by atoms with Gasteiger partial charge in [-0.1, -0.05) is 11.6 Å². The van der Waals surface area contributed by atoms with E-state index in [0.717, 1.165) is 19.3 Å². The van der Waals surface area contributed by atoms with E-state index in [0.29, 0.717) is 18.1 Å². The minimum atomic E-state index is -4.17. The average Bonchev–Trinajstić information content (AvgIpc) is 3.31. The summed E-state index contributed by atoms with van der Waals surface area (Å²) in [5.41, 5.74) is -0.0628. The van der Waals surface area contributed by atoms with Crippen molar-refractivity contribution in [2.45, 2.75) is 30.9 Å². The summed E-state index contributed by atoms with van der Waals surface area (Å²) in [5.74, 6) is -1.38. The zero-order chi connectivity index (χ0) is 19.6. The molecule has 9 heteroatoms. The molecule has 4 unspecified atom stereocenters. The maximum atomic E-state index is 14.3. The number of Topliss-reactive ketones (excluding diaryl/α,β-unsaturated/α-hetero) is 1. The molecular formula is C18H18F2N2O4S. The largest absolute Gasteiger partial charge is 0.497 e. The Kier molecular flexibility index (Phi) is 5.56. The molecule has 0 aromatic heterocycles. The molecule has 2 aliphatic rings. The van der Waals surface area contributed by atoms with Crippen LogP contribution in [0.5, 0.6) is 5.75 Å². The number of hydrogen-bond donors (Lipinski definition) is 0. The van der Waals surface area contributed by atoms with Gasteiger partial charge in [0, 0.05) is 11.5 Å². The van der Waals surface area contributed by atoms with E-state index in [1.165, 1.54) is 19.2 Å². The maximum absolute atomic E-state index is 14.3. The van der Waals surface area contributed by atoms with Crippen molar-refractivity contribution in [3.8, 4) is 11.8 Å². The number of nitrogens with zero attached hydrogens (tertiary/aromatic N) is 2. The Morgan fingerprint density at radius 2 is 2.00 bits per heavy atom. The fraction of sp³-hybridized carbons (Fsp3) is 0.500. The summed E-state index contributed by atoms with van der Waals surface area (Å²) in [7, 11) is 1.47. The van der Waals surface area contributed by atoms with Crippen LogP contribution in [0, 0.1) is 29.1 Å². The van der Waals surface area contributed by atoms with Gasteiger partial charge >= 0.3 is 16.3 Å². The summed E-state index contributed by atoms with van der Waals surface area (Å²) in [5, 5.41) is 8.24. The molecule has 2 bridgehead atoms. The SMILES string of the molecule is COc1ccc(C(C#N)=NOS(=O)C(F)(F)C(=O)C2CC3CCC2C3)cc1. The highest BCUT2D eigenvalue weighted by molar-refractivity contribution is 7.82. The minimum absolute atomic E-state index is 0.0668. The first-order valence-corrected chi connectivity index (χ1v) is 9.58. The summed E-state index contributed by atoms with van der Waals surface area (Å²) in [6.07, 6.45) is 2.89. The van der Waals surface area contributed by atoms with E-state index in [1.54, 1.807) is 18.2 Å². The van der Waals surface area contributed by atoms with Crippen LogP contribution in [0.4, 0.5) is 8.78 Å². The number of methoxy groups -OCH3 is 1. The third-order valence-electron chi connectivity index (χ3n) is 5.24. The third-order valence-corrected chi connectivity index (χ3v) is 6.07. The van der Waals surface area contributed by atoms with E-state index in [9.17, 15) is 17.8 Å². The summed E-state index contributed by atoms with van der Waals surface area (Å²) >= 11 is -3.31. The molecule has 0 N–H and O–H groups in total. The van der Waals surface area contributed by atoms with E-state index in [1.807, 2.05) is 0 Å². The van der Waals surface area contributed by atoms with Crippen LogP contribution in [0.3, 0.4) is 0 Å². The van der Waals surface area contributed by atoms with Crippen LogP contribution in [-0.4, -0.2) is 28.1 Å². The Morgan fingerprint density at radius 1 is 1.30 bits per heavy atom. The Balaban J connectivity index is 1.69. The highest BCUT2D eigenvalue weighted by Gasteiger charge is 2.56. The van der Waals surface area contributed by atoms with Gasteiger partial charge in [0.05, 0.1) is 7.11 Å². The smallest absolute Gasteiger partial charge is 0.415 e. The van der Waals surface area contributed by atoms with E-state index >= 15 is 0 Å². The molecule has 1 aromatic rings. The molecule has 1 aromatic carbocycles. The van der Waals surface area contributed by atoms with Crippen LogP contribution in [0.25, 0.3) is 0 Å². The highest BCUT2D eigenvalue weighted by Crippen LogP contribution is 2.50. The quantitative estimate of drug-likeness (QED) is 0.522. The van der Waals surface area contributed by atoms with E-state index in [4.69, 9.17) is 10.00 Å². The third kappa shape index (κ3) is 3.86. The molecule has 144 valence electrons. The first-order valence-electron chi connectivity index (χ1n) is 8.50. The number of ether oxygens (including phenoxy) is 1. The van der Waals surface area contributed by atoms with Gasteiger partial charge in [-0.2, -0.15) is 14.0 Å². The molecule has 0 aliphatic heterocycles. The standard InChI is InChI=1S/C18H18F2N2O4S/c1-25-14-6-4-12(5-7-14)16(10-21)22-26-27(24)18(19,20)17(23)15-9-11-2-3-13(15)8-11/h4-7,11,13,15H,2-3,8-9H2,1H3. The molecule has 2 aliphatic carbocycles. The number of alkyl halides is 2. The maximum Gasteiger partial charge on any atom is 0.415 e. The van der Waals surface area contributed by atoms with Gasteiger partial charge in [0.1, 0.15) is 11.8 Å². The van der Waals surface area contributed by atoms with Crippen molar-refractivity contribution in [3.63, 3.8) is 0 Å². The predicted molar refractivity (Wildman–Crippen MR) is 93.3 cm³/mol. The lowest BCUT2D eigenvalue weighted by molar-refractivity contribution is -0.139. The van der Waals surface area contributed by atoms with E-state index in [2.05, 4.69) is 9.44 Å². The number of fused-ring (bicyclic) bond motifs is 2. The average molecular weight is 396 g/mol. The zero-order valence-corrected chi connectivity index (χ0v) is 15.4. The van der Waals surface area contributed by atoms with Gasteiger partial charge < -0.3 is 4.74 Å². The molecule has 27 heavy (non-hydrogen) atoms. The lowest BCUT2D eigenvalue weighted by atomic mass is 9.86. The van der Waals surface area contributed by atoms with E-state index < -0.39 is 28.0 Å². The molecule has 0 radical (unpaired) electrons. The highest BCUT2D eigenvalue weighted by atomic mass is 32.2. The lowest BCUT2D eigenvalue weighted by Crippen LogP contribution is -2.40. The molecule has 3 rings (SSSR count). The number of hydrogen-bond acceptors (Lipinski definition) is 6. The summed E-state index contributed by atoms with van der Waals surface area (Å²) in [4.78, 5) is 12.2. The van der Waals surface area contributed by atoms with Crippen LogP contribution >= 0.6 is 0 Å². The number of rotatable bonds is 7. The summed E-state index contributed by atoms with van der Waals surface area (Å²) in [6, 6.07) is 7.74. The van der Waals surface area contributed by atoms with Crippen LogP contribution < -0.4 is 4.74 Å². The Morgan fingerprint density at radius 3 is 2.52 bits per heavy atom. The monoisotopic (exact) mass is 396 g/mol. The zero-order valence-electron chi connectivity index (χ0n) is 14.6. The van der Waals surface area contributed by atoms with Gasteiger partial charge in [-0.25, -0.2) is 4.21 Å². The van der Waals surface area contributed by atoms with Crippen LogP contribution in [0.1, 0.15) is 31.2 Å². The van der Waals surface area contributed by atoms with Crippen LogP contribution in [0.15, 0.2) is 29.4 Å². The molecule has 0 amide bonds. The van der Waals surface area contributed by atoms with Crippen molar-refractivity contribution >= 4 is 22.6 Å². The van der Waals surface area contributed by atoms with Crippen molar-refractivity contribution < 1.29 is 26.8 Å².